The SMILES string of the molecule is CC(C)=C(C)c1cc(CNC(=O)c2nc3sc4c(c3c(=O)[nH]2)CCC4)ccc1C1CC1. The number of carbonyl (C=O) groups is 1. The van der Waals surface area contributed by atoms with Gasteiger partial charge in [-0.15, -0.1) is 11.3 Å². The molecule has 1 aromatic carbocycles. The van der Waals surface area contributed by atoms with Gasteiger partial charge in [0.05, 0.1) is 5.39 Å². The number of fused-ring (bicyclic) bond motifs is 3. The van der Waals surface area contributed by atoms with Gasteiger partial charge in [0.15, 0.2) is 0 Å². The Kier molecular flexibility index (Phi) is 5.05. The molecule has 6 heteroatoms. The van der Waals surface area contributed by atoms with Crippen LogP contribution in [-0.2, 0) is 19.4 Å². The molecule has 5 rings (SSSR count). The molecule has 2 aromatic heterocycles. The maximum atomic E-state index is 12.8. The minimum Gasteiger partial charge on any atom is -0.345 e. The second kappa shape index (κ2) is 7.75. The van der Waals surface area contributed by atoms with E-state index in [1.165, 1.54) is 40.0 Å². The quantitative estimate of drug-likeness (QED) is 0.588. The van der Waals surface area contributed by atoms with Crippen LogP contribution in [0, 0.1) is 0 Å². The van der Waals surface area contributed by atoms with Gasteiger partial charge in [0, 0.05) is 11.4 Å². The number of benzene rings is 1. The van der Waals surface area contributed by atoms with Crippen LogP contribution >= 0.6 is 11.3 Å². The molecule has 2 heterocycles. The number of aryl methyl sites for hydroxylation is 2. The number of hydrogen-bond donors (Lipinski definition) is 2. The van der Waals surface area contributed by atoms with Crippen molar-refractivity contribution in [3.8, 4) is 0 Å². The van der Waals surface area contributed by atoms with Crippen LogP contribution in [0.15, 0.2) is 28.6 Å². The fourth-order valence-corrected chi connectivity index (χ4v) is 5.70. The summed E-state index contributed by atoms with van der Waals surface area (Å²) in [5, 5.41) is 3.61. The lowest BCUT2D eigenvalue weighted by Crippen LogP contribution is -2.27. The van der Waals surface area contributed by atoms with E-state index < -0.39 is 0 Å². The Balaban J connectivity index is 1.38. The summed E-state index contributed by atoms with van der Waals surface area (Å²) >= 11 is 1.55. The number of hydrogen-bond acceptors (Lipinski definition) is 4. The molecule has 0 atom stereocenters. The predicted molar refractivity (Wildman–Crippen MR) is 126 cm³/mol. The molecule has 0 unspecified atom stereocenters. The highest BCUT2D eigenvalue weighted by atomic mass is 32.1. The van der Waals surface area contributed by atoms with E-state index >= 15 is 0 Å². The van der Waals surface area contributed by atoms with Gasteiger partial charge in [0.25, 0.3) is 11.5 Å². The van der Waals surface area contributed by atoms with E-state index in [1.807, 2.05) is 0 Å². The summed E-state index contributed by atoms with van der Waals surface area (Å²) in [5.41, 5.74) is 7.28. The lowest BCUT2D eigenvalue weighted by atomic mass is 9.93. The molecule has 0 spiro atoms. The molecule has 0 saturated heterocycles. The molecule has 1 fully saturated rings. The Morgan fingerprint density at radius 1 is 1.23 bits per heavy atom. The van der Waals surface area contributed by atoms with Gasteiger partial charge < -0.3 is 10.3 Å². The summed E-state index contributed by atoms with van der Waals surface area (Å²) in [6.45, 7) is 6.84. The summed E-state index contributed by atoms with van der Waals surface area (Å²) in [4.78, 5) is 34.5. The molecule has 0 bridgehead atoms. The minimum atomic E-state index is -0.348. The first-order valence-electron chi connectivity index (χ1n) is 11.0. The Morgan fingerprint density at radius 3 is 2.77 bits per heavy atom. The van der Waals surface area contributed by atoms with Gasteiger partial charge in [-0.25, -0.2) is 4.98 Å². The zero-order chi connectivity index (χ0) is 21.7. The van der Waals surface area contributed by atoms with Crippen molar-refractivity contribution >= 4 is 33.0 Å². The molecule has 1 amide bonds. The molecule has 0 radical (unpaired) electrons. The molecule has 2 N–H and O–H groups in total. The van der Waals surface area contributed by atoms with Gasteiger partial charge in [-0.2, -0.15) is 0 Å². The maximum absolute atomic E-state index is 12.8. The molecular formula is C25H27N3O2S. The third kappa shape index (κ3) is 3.74. The number of H-pyrrole nitrogens is 1. The second-order valence-corrected chi connectivity index (χ2v) is 10.0. The lowest BCUT2D eigenvalue weighted by Gasteiger charge is -2.14. The highest BCUT2D eigenvalue weighted by Gasteiger charge is 2.27. The standard InChI is InChI=1S/C25H27N3O2S/c1-13(2)14(3)19-11-15(7-10-17(19)16-8-9-16)12-26-24(30)22-27-23(29)21-18-5-4-6-20(18)31-25(21)28-22/h7,10-11,16H,4-6,8-9,12H2,1-3H3,(H,26,30)(H,27,28,29). The molecule has 5 nitrogen and oxygen atoms in total. The number of allylic oxidation sites excluding steroid dienone is 2. The summed E-state index contributed by atoms with van der Waals surface area (Å²) in [5.74, 6) is 0.411. The highest BCUT2D eigenvalue weighted by molar-refractivity contribution is 7.18. The van der Waals surface area contributed by atoms with Crippen molar-refractivity contribution in [2.75, 3.05) is 0 Å². The van der Waals surface area contributed by atoms with E-state index in [0.717, 1.165) is 30.4 Å². The van der Waals surface area contributed by atoms with Crippen molar-refractivity contribution in [3.05, 3.63) is 67.1 Å². The normalized spacial score (nSPS) is 15.2. The first-order chi connectivity index (χ1) is 14.9. The number of nitrogens with zero attached hydrogens (tertiary/aromatic N) is 1. The summed E-state index contributed by atoms with van der Waals surface area (Å²) in [6.07, 6.45) is 5.53. The summed E-state index contributed by atoms with van der Waals surface area (Å²) in [7, 11) is 0. The summed E-state index contributed by atoms with van der Waals surface area (Å²) in [6, 6.07) is 6.50. The topological polar surface area (TPSA) is 74.8 Å². The van der Waals surface area contributed by atoms with Crippen LogP contribution in [0.25, 0.3) is 15.8 Å². The molecule has 160 valence electrons. The summed E-state index contributed by atoms with van der Waals surface area (Å²) < 4.78 is 0. The molecule has 0 aliphatic heterocycles. The van der Waals surface area contributed by atoms with Crippen molar-refractivity contribution in [3.63, 3.8) is 0 Å². The molecule has 2 aliphatic rings. The molecule has 2 aliphatic carbocycles. The monoisotopic (exact) mass is 433 g/mol. The molecule has 1 saturated carbocycles. The lowest BCUT2D eigenvalue weighted by molar-refractivity contribution is 0.0940. The van der Waals surface area contributed by atoms with Gasteiger partial charge in [0.2, 0.25) is 5.82 Å². The van der Waals surface area contributed by atoms with Crippen LogP contribution in [-0.4, -0.2) is 15.9 Å². The van der Waals surface area contributed by atoms with Crippen molar-refractivity contribution in [1.82, 2.24) is 15.3 Å². The van der Waals surface area contributed by atoms with E-state index in [9.17, 15) is 9.59 Å². The van der Waals surface area contributed by atoms with Gasteiger partial charge in [-0.1, -0.05) is 17.7 Å². The van der Waals surface area contributed by atoms with E-state index in [4.69, 9.17) is 0 Å². The Morgan fingerprint density at radius 2 is 2.03 bits per heavy atom. The highest BCUT2D eigenvalue weighted by Crippen LogP contribution is 2.43. The van der Waals surface area contributed by atoms with Crippen molar-refractivity contribution in [1.29, 1.82) is 0 Å². The fraction of sp³-hybridized carbons (Fsp3) is 0.400. The van der Waals surface area contributed by atoms with Crippen LogP contribution in [0.1, 0.15) is 83.7 Å². The Bertz CT molecular complexity index is 1290. The van der Waals surface area contributed by atoms with Crippen LogP contribution in [0.5, 0.6) is 0 Å². The number of rotatable bonds is 5. The van der Waals surface area contributed by atoms with Gasteiger partial charge in [0.1, 0.15) is 4.83 Å². The number of aromatic amines is 1. The largest absolute Gasteiger partial charge is 0.345 e. The molecular weight excluding hydrogens is 406 g/mol. The van der Waals surface area contributed by atoms with Crippen molar-refractivity contribution in [2.45, 2.75) is 65.3 Å². The average molecular weight is 434 g/mol. The first-order valence-corrected chi connectivity index (χ1v) is 11.8. The third-order valence-corrected chi connectivity index (χ3v) is 7.72. The van der Waals surface area contributed by atoms with Gasteiger partial charge >= 0.3 is 0 Å². The molecule has 3 aromatic rings. The van der Waals surface area contributed by atoms with Crippen molar-refractivity contribution < 1.29 is 4.79 Å². The van der Waals surface area contributed by atoms with E-state index in [2.05, 4.69) is 54.3 Å². The van der Waals surface area contributed by atoms with Gasteiger partial charge in [-0.3, -0.25) is 9.59 Å². The number of nitrogens with one attached hydrogen (secondary N) is 2. The van der Waals surface area contributed by atoms with Crippen LogP contribution in [0.2, 0.25) is 0 Å². The second-order valence-electron chi connectivity index (χ2n) is 8.96. The Labute approximate surface area is 185 Å². The van der Waals surface area contributed by atoms with Crippen LogP contribution in [0.3, 0.4) is 0 Å². The zero-order valence-corrected chi connectivity index (χ0v) is 19.0. The maximum Gasteiger partial charge on any atom is 0.287 e. The number of aromatic nitrogens is 2. The predicted octanol–water partition coefficient (Wildman–Crippen LogP) is 5.09. The van der Waals surface area contributed by atoms with E-state index in [1.54, 1.807) is 11.3 Å². The van der Waals surface area contributed by atoms with E-state index in [0.29, 0.717) is 22.7 Å². The third-order valence-electron chi connectivity index (χ3n) is 6.53. The van der Waals surface area contributed by atoms with Crippen LogP contribution < -0.4 is 10.9 Å². The smallest absolute Gasteiger partial charge is 0.287 e. The fourth-order valence-electron chi connectivity index (χ4n) is 4.43. The molecule has 31 heavy (non-hydrogen) atoms. The average Bonchev–Trinajstić information content (AvgIpc) is 3.39. The van der Waals surface area contributed by atoms with Crippen molar-refractivity contribution in [2.24, 2.45) is 0 Å². The minimum absolute atomic E-state index is 0.0905. The zero-order valence-electron chi connectivity index (χ0n) is 18.2. The first kappa shape index (κ1) is 20.2. The van der Waals surface area contributed by atoms with Gasteiger partial charge in [-0.05, 0) is 92.7 Å². The van der Waals surface area contributed by atoms with E-state index in [-0.39, 0.29) is 17.3 Å². The number of amides is 1. The Hall–Kier alpha value is -2.73. The number of thiophene rings is 1. The number of carbonyl (C=O) groups excluding carboxylic acids is 1. The van der Waals surface area contributed by atoms with Crippen LogP contribution in [0.4, 0.5) is 0 Å².